The second kappa shape index (κ2) is 12.5. The fraction of sp³-hybridized carbons (Fsp3) is 0.381. The van der Waals surface area contributed by atoms with Crippen molar-refractivity contribution in [1.82, 2.24) is 5.32 Å². The third-order valence-corrected chi connectivity index (χ3v) is 3.51. The molecule has 2 rings (SSSR count). The third kappa shape index (κ3) is 6.27. The summed E-state index contributed by atoms with van der Waals surface area (Å²) in [5, 5.41) is 2.78. The van der Waals surface area contributed by atoms with E-state index in [1.807, 2.05) is 76.2 Å². The molecule has 0 heterocycles. The van der Waals surface area contributed by atoms with E-state index < -0.39 is 0 Å². The average molecular weight is 313 g/mol. The Hall–Kier alpha value is -2.09. The van der Waals surface area contributed by atoms with E-state index in [-0.39, 0.29) is 17.7 Å². The maximum absolute atomic E-state index is 12.2. The van der Waals surface area contributed by atoms with Gasteiger partial charge in [-0.05, 0) is 17.0 Å². The summed E-state index contributed by atoms with van der Waals surface area (Å²) >= 11 is 0. The van der Waals surface area contributed by atoms with E-state index >= 15 is 0 Å². The zero-order valence-electron chi connectivity index (χ0n) is 15.3. The summed E-state index contributed by atoms with van der Waals surface area (Å²) in [4.78, 5) is 12.2. The highest BCUT2D eigenvalue weighted by atomic mass is 16.1. The van der Waals surface area contributed by atoms with Gasteiger partial charge in [-0.1, -0.05) is 95.3 Å². The van der Waals surface area contributed by atoms with Crippen LogP contribution in [0.1, 0.15) is 57.6 Å². The van der Waals surface area contributed by atoms with E-state index in [2.05, 4.69) is 24.4 Å². The molecule has 2 aromatic rings. The van der Waals surface area contributed by atoms with Crippen molar-refractivity contribution in [2.24, 2.45) is 0 Å². The van der Waals surface area contributed by atoms with Gasteiger partial charge in [0.1, 0.15) is 0 Å². The van der Waals surface area contributed by atoms with Crippen molar-refractivity contribution < 1.29 is 4.79 Å². The van der Waals surface area contributed by atoms with Gasteiger partial charge in [-0.15, -0.1) is 0 Å². The minimum Gasteiger partial charge on any atom is -0.359 e. The predicted molar refractivity (Wildman–Crippen MR) is 101 cm³/mol. The smallest absolute Gasteiger partial charge is 0.227 e. The Bertz CT molecular complexity index is 522. The van der Waals surface area contributed by atoms with Gasteiger partial charge >= 0.3 is 0 Å². The molecule has 0 aliphatic carbocycles. The molecule has 0 spiro atoms. The number of hydrogen-bond acceptors (Lipinski definition) is 1. The second-order valence-corrected chi connectivity index (χ2v) is 4.70. The first-order valence-corrected chi connectivity index (χ1v) is 8.55. The summed E-state index contributed by atoms with van der Waals surface area (Å²) in [6.07, 6.45) is 0. The molecule has 2 atom stereocenters. The molecule has 0 aliphatic heterocycles. The van der Waals surface area contributed by atoms with E-state index in [9.17, 15) is 4.79 Å². The van der Waals surface area contributed by atoms with Crippen LogP contribution < -0.4 is 5.32 Å². The van der Waals surface area contributed by atoms with Crippen LogP contribution in [0.2, 0.25) is 0 Å². The Balaban J connectivity index is 0.00000112. The molecule has 1 amide bonds. The van der Waals surface area contributed by atoms with Crippen LogP contribution in [-0.4, -0.2) is 13.0 Å². The largest absolute Gasteiger partial charge is 0.359 e. The number of carbonyl (C=O) groups excluding carboxylic acids is 1. The molecule has 2 heteroatoms. The highest BCUT2D eigenvalue weighted by Gasteiger charge is 2.26. The third-order valence-electron chi connectivity index (χ3n) is 3.51. The molecule has 1 N–H and O–H groups in total. The van der Waals surface area contributed by atoms with E-state index in [0.29, 0.717) is 0 Å². The fourth-order valence-corrected chi connectivity index (χ4v) is 2.43. The number of amides is 1. The summed E-state index contributed by atoms with van der Waals surface area (Å²) in [5.74, 6) is 0.0414. The SMILES string of the molecule is CC.CC.CNC(=O)C(c1ccccc1)C(C)c1ccccc1. The monoisotopic (exact) mass is 313 g/mol. The zero-order valence-corrected chi connectivity index (χ0v) is 15.3. The minimum atomic E-state index is -0.159. The number of likely N-dealkylation sites (N-methyl/N-ethyl adjacent to an activating group) is 1. The van der Waals surface area contributed by atoms with Crippen LogP contribution in [0, 0.1) is 0 Å². The summed E-state index contributed by atoms with van der Waals surface area (Å²) in [5.41, 5.74) is 2.23. The Morgan fingerprint density at radius 1 is 0.783 bits per heavy atom. The number of carbonyl (C=O) groups is 1. The fourth-order valence-electron chi connectivity index (χ4n) is 2.43. The van der Waals surface area contributed by atoms with Gasteiger partial charge in [0.25, 0.3) is 0 Å². The van der Waals surface area contributed by atoms with Crippen molar-refractivity contribution in [3.63, 3.8) is 0 Å². The lowest BCUT2D eigenvalue weighted by molar-refractivity contribution is -0.122. The molecule has 0 saturated heterocycles. The Morgan fingerprint density at radius 3 is 1.57 bits per heavy atom. The Labute approximate surface area is 141 Å². The van der Waals surface area contributed by atoms with Crippen LogP contribution in [0.3, 0.4) is 0 Å². The summed E-state index contributed by atoms with van der Waals surface area (Å²) in [7, 11) is 1.69. The van der Waals surface area contributed by atoms with Gasteiger partial charge in [0.05, 0.1) is 5.92 Å². The molecule has 0 aromatic heterocycles. The summed E-state index contributed by atoms with van der Waals surface area (Å²) < 4.78 is 0. The molecule has 0 saturated carbocycles. The van der Waals surface area contributed by atoms with Gasteiger partial charge < -0.3 is 5.32 Å². The Kier molecular flexibility index (Phi) is 11.3. The minimum absolute atomic E-state index is 0.0579. The van der Waals surface area contributed by atoms with E-state index in [1.165, 1.54) is 5.56 Å². The molecule has 0 fully saturated rings. The standard InChI is InChI=1S/C17H19NO.2C2H6/c1-13(14-9-5-3-6-10-14)16(17(19)18-2)15-11-7-4-8-12-15;2*1-2/h3-13,16H,1-2H3,(H,18,19);2*1-2H3. The normalized spacial score (nSPS) is 11.7. The van der Waals surface area contributed by atoms with Gasteiger partial charge in [0.2, 0.25) is 5.91 Å². The molecule has 2 aromatic carbocycles. The van der Waals surface area contributed by atoms with Crippen molar-refractivity contribution in [1.29, 1.82) is 0 Å². The van der Waals surface area contributed by atoms with Crippen LogP contribution in [0.4, 0.5) is 0 Å². The molecule has 2 nitrogen and oxygen atoms in total. The number of hydrogen-bond donors (Lipinski definition) is 1. The lowest BCUT2D eigenvalue weighted by atomic mass is 9.82. The van der Waals surface area contributed by atoms with E-state index in [4.69, 9.17) is 0 Å². The molecule has 126 valence electrons. The molecular formula is C21H31NO. The first kappa shape index (κ1) is 20.9. The van der Waals surface area contributed by atoms with Gasteiger partial charge in [-0.3, -0.25) is 4.79 Å². The number of nitrogens with one attached hydrogen (secondary N) is 1. The topological polar surface area (TPSA) is 29.1 Å². The number of benzene rings is 2. The highest BCUT2D eigenvalue weighted by Crippen LogP contribution is 2.32. The predicted octanol–water partition coefficient (Wildman–Crippen LogP) is 5.37. The molecular weight excluding hydrogens is 282 g/mol. The maximum atomic E-state index is 12.2. The van der Waals surface area contributed by atoms with Crippen molar-refractivity contribution in [2.45, 2.75) is 46.5 Å². The molecule has 0 aliphatic rings. The lowest BCUT2D eigenvalue weighted by Gasteiger charge is -2.23. The molecule has 23 heavy (non-hydrogen) atoms. The van der Waals surface area contributed by atoms with Gasteiger partial charge in [0, 0.05) is 7.05 Å². The number of rotatable bonds is 4. The van der Waals surface area contributed by atoms with Crippen LogP contribution in [0.25, 0.3) is 0 Å². The van der Waals surface area contributed by atoms with Gasteiger partial charge in [-0.25, -0.2) is 0 Å². The van der Waals surface area contributed by atoms with Crippen LogP contribution in [0.5, 0.6) is 0 Å². The average Bonchev–Trinajstić information content (AvgIpc) is 2.66. The zero-order chi connectivity index (χ0) is 17.7. The summed E-state index contributed by atoms with van der Waals surface area (Å²) in [6.45, 7) is 10.1. The van der Waals surface area contributed by atoms with Crippen molar-refractivity contribution in [3.05, 3.63) is 71.8 Å². The van der Waals surface area contributed by atoms with E-state index in [0.717, 1.165) is 5.56 Å². The first-order chi connectivity index (χ1) is 11.2. The van der Waals surface area contributed by atoms with Crippen LogP contribution in [0.15, 0.2) is 60.7 Å². The first-order valence-electron chi connectivity index (χ1n) is 8.55. The Morgan fingerprint density at radius 2 is 1.17 bits per heavy atom. The lowest BCUT2D eigenvalue weighted by Crippen LogP contribution is -2.29. The van der Waals surface area contributed by atoms with Crippen LogP contribution >= 0.6 is 0 Å². The van der Waals surface area contributed by atoms with Crippen LogP contribution in [-0.2, 0) is 4.79 Å². The molecule has 0 radical (unpaired) electrons. The maximum Gasteiger partial charge on any atom is 0.227 e. The second-order valence-electron chi connectivity index (χ2n) is 4.70. The highest BCUT2D eigenvalue weighted by molar-refractivity contribution is 5.84. The van der Waals surface area contributed by atoms with Crippen molar-refractivity contribution >= 4 is 5.91 Å². The van der Waals surface area contributed by atoms with Gasteiger partial charge in [0.15, 0.2) is 0 Å². The van der Waals surface area contributed by atoms with E-state index in [1.54, 1.807) is 7.05 Å². The van der Waals surface area contributed by atoms with Crippen molar-refractivity contribution in [3.8, 4) is 0 Å². The summed E-state index contributed by atoms with van der Waals surface area (Å²) in [6, 6.07) is 20.1. The quantitative estimate of drug-likeness (QED) is 0.807. The van der Waals surface area contributed by atoms with Crippen molar-refractivity contribution in [2.75, 3.05) is 7.05 Å². The molecule has 2 unspecified atom stereocenters. The molecule has 0 bridgehead atoms. The van der Waals surface area contributed by atoms with Gasteiger partial charge in [-0.2, -0.15) is 0 Å².